The molecule has 1 atom stereocenters. The smallest absolute Gasteiger partial charge is 0.253 e. The maximum atomic E-state index is 12.7. The molecular formula is C20H24N2O2. The molecule has 2 aromatic rings. The van der Waals surface area contributed by atoms with Gasteiger partial charge < -0.3 is 10.1 Å². The van der Waals surface area contributed by atoms with Gasteiger partial charge in [0.15, 0.2) is 6.10 Å². The number of hydrogen-bond donors (Lipinski definition) is 1. The van der Waals surface area contributed by atoms with Crippen molar-refractivity contribution in [1.29, 1.82) is 0 Å². The van der Waals surface area contributed by atoms with E-state index in [4.69, 9.17) is 4.74 Å². The number of pyridine rings is 1. The molecule has 0 saturated heterocycles. The summed E-state index contributed by atoms with van der Waals surface area (Å²) < 4.78 is 6.13. The molecule has 1 aromatic heterocycles. The topological polar surface area (TPSA) is 51.2 Å². The highest BCUT2D eigenvalue weighted by molar-refractivity contribution is 5.82. The van der Waals surface area contributed by atoms with Gasteiger partial charge in [-0.2, -0.15) is 0 Å². The molecule has 0 radical (unpaired) electrons. The van der Waals surface area contributed by atoms with Crippen molar-refractivity contribution in [2.75, 3.05) is 6.54 Å². The number of rotatable bonds is 7. The zero-order valence-corrected chi connectivity index (χ0v) is 13.9. The lowest BCUT2D eigenvalue weighted by Gasteiger charge is -2.22. The fourth-order valence-electron chi connectivity index (χ4n) is 3.09. The Morgan fingerprint density at radius 3 is 2.58 bits per heavy atom. The summed E-state index contributed by atoms with van der Waals surface area (Å²) in [4.78, 5) is 16.9. The highest BCUT2D eigenvalue weighted by Gasteiger charge is 2.26. The van der Waals surface area contributed by atoms with E-state index in [2.05, 4.69) is 10.3 Å². The normalized spacial score (nSPS) is 16.0. The Balaban J connectivity index is 1.60. The quantitative estimate of drug-likeness (QED) is 0.849. The molecule has 1 heterocycles. The van der Waals surface area contributed by atoms with E-state index in [-0.39, 0.29) is 12.0 Å². The summed E-state index contributed by atoms with van der Waals surface area (Å²) in [5.74, 6) is -0.0657. The summed E-state index contributed by atoms with van der Waals surface area (Å²) in [6.45, 7) is 0.563. The molecule has 4 heteroatoms. The third-order valence-electron chi connectivity index (χ3n) is 4.38. The summed E-state index contributed by atoms with van der Waals surface area (Å²) in [7, 11) is 0. The van der Waals surface area contributed by atoms with Crippen LogP contribution < -0.4 is 5.32 Å². The van der Waals surface area contributed by atoms with Crippen LogP contribution in [0.15, 0.2) is 54.7 Å². The molecule has 1 aliphatic rings. The molecule has 1 fully saturated rings. The van der Waals surface area contributed by atoms with E-state index >= 15 is 0 Å². The van der Waals surface area contributed by atoms with Gasteiger partial charge in [-0.1, -0.05) is 49.2 Å². The molecule has 4 nitrogen and oxygen atoms in total. The van der Waals surface area contributed by atoms with E-state index in [1.807, 2.05) is 48.5 Å². The first-order chi connectivity index (χ1) is 11.8. The largest absolute Gasteiger partial charge is 0.360 e. The third-order valence-corrected chi connectivity index (χ3v) is 4.38. The second kappa shape index (κ2) is 8.60. The Labute approximate surface area is 143 Å². The van der Waals surface area contributed by atoms with Crippen molar-refractivity contribution in [2.24, 2.45) is 0 Å². The van der Waals surface area contributed by atoms with Crippen LogP contribution in [0.1, 0.15) is 43.0 Å². The molecule has 1 aliphatic carbocycles. The zero-order chi connectivity index (χ0) is 16.6. The first kappa shape index (κ1) is 16.7. The van der Waals surface area contributed by atoms with Crippen molar-refractivity contribution < 1.29 is 9.53 Å². The Kier molecular flexibility index (Phi) is 5.96. The maximum Gasteiger partial charge on any atom is 0.253 e. The van der Waals surface area contributed by atoms with Crippen molar-refractivity contribution in [3.8, 4) is 0 Å². The summed E-state index contributed by atoms with van der Waals surface area (Å²) in [5, 5.41) is 3.00. The Morgan fingerprint density at radius 1 is 1.12 bits per heavy atom. The first-order valence-electron chi connectivity index (χ1n) is 8.71. The van der Waals surface area contributed by atoms with Gasteiger partial charge in [-0.3, -0.25) is 9.78 Å². The number of aromatic nitrogens is 1. The van der Waals surface area contributed by atoms with E-state index in [1.165, 1.54) is 12.8 Å². The van der Waals surface area contributed by atoms with Crippen molar-refractivity contribution in [3.63, 3.8) is 0 Å². The average molecular weight is 324 g/mol. The number of nitrogens with zero attached hydrogens (tertiary/aromatic N) is 1. The van der Waals surface area contributed by atoms with Crippen LogP contribution in [0.4, 0.5) is 0 Å². The minimum absolute atomic E-state index is 0.0657. The van der Waals surface area contributed by atoms with E-state index < -0.39 is 6.10 Å². The minimum atomic E-state index is -0.530. The van der Waals surface area contributed by atoms with Gasteiger partial charge in [0.2, 0.25) is 0 Å². The predicted molar refractivity (Wildman–Crippen MR) is 93.5 cm³/mol. The first-order valence-corrected chi connectivity index (χ1v) is 8.71. The predicted octanol–water partition coefficient (Wildman–Crippen LogP) is 3.44. The van der Waals surface area contributed by atoms with Gasteiger partial charge >= 0.3 is 0 Å². The number of hydrogen-bond acceptors (Lipinski definition) is 3. The summed E-state index contributed by atoms with van der Waals surface area (Å²) in [5.41, 5.74) is 1.89. The molecule has 126 valence electrons. The minimum Gasteiger partial charge on any atom is -0.360 e. The van der Waals surface area contributed by atoms with Gasteiger partial charge in [0, 0.05) is 24.9 Å². The van der Waals surface area contributed by atoms with Crippen LogP contribution in [0.5, 0.6) is 0 Å². The van der Waals surface area contributed by atoms with Gasteiger partial charge in [-0.05, 0) is 30.5 Å². The zero-order valence-electron chi connectivity index (χ0n) is 13.9. The van der Waals surface area contributed by atoms with Crippen LogP contribution >= 0.6 is 0 Å². The standard InChI is InChI=1S/C20H24N2O2/c23-20(22-15-13-17-10-6-7-14-21-17)19(16-8-2-1-3-9-16)24-18-11-4-5-12-18/h1-3,6-10,14,18-19H,4-5,11-13,15H2,(H,22,23)/t19-/m0/s1. The van der Waals surface area contributed by atoms with Crippen molar-refractivity contribution in [2.45, 2.75) is 44.3 Å². The number of benzene rings is 1. The third kappa shape index (κ3) is 4.65. The van der Waals surface area contributed by atoms with Gasteiger partial charge in [-0.25, -0.2) is 0 Å². The number of amides is 1. The molecular weight excluding hydrogens is 300 g/mol. The van der Waals surface area contributed by atoms with Crippen LogP contribution in [-0.2, 0) is 16.0 Å². The van der Waals surface area contributed by atoms with E-state index in [9.17, 15) is 4.79 Å². The fraction of sp³-hybridized carbons (Fsp3) is 0.400. The monoisotopic (exact) mass is 324 g/mol. The lowest BCUT2D eigenvalue weighted by atomic mass is 10.1. The van der Waals surface area contributed by atoms with E-state index in [1.54, 1.807) is 6.20 Å². The van der Waals surface area contributed by atoms with Crippen LogP contribution in [0.3, 0.4) is 0 Å². The molecule has 1 saturated carbocycles. The summed E-state index contributed by atoms with van der Waals surface area (Å²) in [6, 6.07) is 15.6. The summed E-state index contributed by atoms with van der Waals surface area (Å²) >= 11 is 0. The van der Waals surface area contributed by atoms with Crippen LogP contribution in [0, 0.1) is 0 Å². The number of carbonyl (C=O) groups is 1. The summed E-state index contributed by atoms with van der Waals surface area (Å²) in [6.07, 6.45) is 6.62. The lowest BCUT2D eigenvalue weighted by molar-refractivity contribution is -0.137. The molecule has 24 heavy (non-hydrogen) atoms. The van der Waals surface area contributed by atoms with Gasteiger partial charge in [0.05, 0.1) is 6.10 Å². The number of nitrogens with one attached hydrogen (secondary N) is 1. The maximum absolute atomic E-state index is 12.7. The van der Waals surface area contributed by atoms with Crippen molar-refractivity contribution in [3.05, 3.63) is 66.0 Å². The lowest BCUT2D eigenvalue weighted by Crippen LogP contribution is -2.34. The van der Waals surface area contributed by atoms with Crippen LogP contribution in [0.25, 0.3) is 0 Å². The van der Waals surface area contributed by atoms with Crippen LogP contribution in [0.2, 0.25) is 0 Å². The van der Waals surface area contributed by atoms with Crippen LogP contribution in [-0.4, -0.2) is 23.5 Å². The second-order valence-corrected chi connectivity index (χ2v) is 6.20. The molecule has 1 aromatic carbocycles. The highest BCUT2D eigenvalue weighted by Crippen LogP contribution is 2.28. The van der Waals surface area contributed by atoms with Crippen molar-refractivity contribution >= 4 is 5.91 Å². The van der Waals surface area contributed by atoms with Gasteiger partial charge in [0.1, 0.15) is 0 Å². The highest BCUT2D eigenvalue weighted by atomic mass is 16.5. The molecule has 1 amide bonds. The SMILES string of the molecule is O=C(NCCc1ccccn1)[C@@H](OC1CCCC1)c1ccccc1. The Bertz CT molecular complexity index is 625. The molecule has 3 rings (SSSR count). The van der Waals surface area contributed by atoms with Gasteiger partial charge in [0.25, 0.3) is 5.91 Å². The molecule has 0 bridgehead atoms. The van der Waals surface area contributed by atoms with Crippen molar-refractivity contribution in [1.82, 2.24) is 10.3 Å². The second-order valence-electron chi connectivity index (χ2n) is 6.20. The molecule has 0 unspecified atom stereocenters. The Hall–Kier alpha value is -2.20. The number of ether oxygens (including phenoxy) is 1. The van der Waals surface area contributed by atoms with E-state index in [0.29, 0.717) is 6.54 Å². The Morgan fingerprint density at radius 2 is 1.88 bits per heavy atom. The molecule has 0 spiro atoms. The molecule has 0 aliphatic heterocycles. The average Bonchev–Trinajstić information content (AvgIpc) is 3.14. The molecule has 1 N–H and O–H groups in total. The number of carbonyl (C=O) groups excluding carboxylic acids is 1. The fourth-order valence-corrected chi connectivity index (χ4v) is 3.09. The van der Waals surface area contributed by atoms with Gasteiger partial charge in [-0.15, -0.1) is 0 Å². The van der Waals surface area contributed by atoms with E-state index in [0.717, 1.165) is 30.5 Å².